The van der Waals surface area contributed by atoms with E-state index in [4.69, 9.17) is 9.47 Å². The number of ether oxygens (including phenoxy) is 2. The summed E-state index contributed by atoms with van der Waals surface area (Å²) in [5, 5.41) is 2.79. The summed E-state index contributed by atoms with van der Waals surface area (Å²) in [6.07, 6.45) is 0.747. The summed E-state index contributed by atoms with van der Waals surface area (Å²) in [5.74, 6) is 0.624. The molecule has 1 N–H and O–H groups in total. The molecule has 0 bridgehead atoms. The van der Waals surface area contributed by atoms with Crippen LogP contribution in [0.1, 0.15) is 22.8 Å². The van der Waals surface area contributed by atoms with Crippen LogP contribution in [0.5, 0.6) is 11.5 Å². The van der Waals surface area contributed by atoms with Gasteiger partial charge in [0.05, 0.1) is 10.2 Å². The molecule has 5 nitrogen and oxygen atoms in total. The Kier molecular flexibility index (Phi) is 7.24. The highest BCUT2D eigenvalue weighted by Crippen LogP contribution is 2.34. The van der Waals surface area contributed by atoms with Gasteiger partial charge in [0.25, 0.3) is 5.91 Å². The molecule has 0 radical (unpaired) electrons. The predicted molar refractivity (Wildman–Crippen MR) is 109 cm³/mol. The van der Waals surface area contributed by atoms with Gasteiger partial charge in [0, 0.05) is 15.7 Å². The van der Waals surface area contributed by atoms with Gasteiger partial charge in [-0.2, -0.15) is 0 Å². The second-order valence-electron chi connectivity index (χ2n) is 5.18. The summed E-state index contributed by atoms with van der Waals surface area (Å²) < 4.78 is 12.8. The van der Waals surface area contributed by atoms with Crippen molar-refractivity contribution >= 4 is 56.4 Å². The van der Waals surface area contributed by atoms with Gasteiger partial charge in [-0.05, 0) is 72.3 Å². The van der Waals surface area contributed by atoms with E-state index in [1.165, 1.54) is 0 Å². The summed E-state index contributed by atoms with van der Waals surface area (Å²) in [6, 6.07) is 8.84. The molecule has 7 heteroatoms. The summed E-state index contributed by atoms with van der Waals surface area (Å²) in [6.45, 7) is 4.05. The molecule has 0 heterocycles. The number of carbonyl (C=O) groups is 2. The van der Waals surface area contributed by atoms with Crippen molar-refractivity contribution < 1.29 is 19.1 Å². The molecule has 2 rings (SSSR count). The van der Waals surface area contributed by atoms with Crippen molar-refractivity contribution in [3.63, 3.8) is 0 Å². The van der Waals surface area contributed by atoms with Crippen molar-refractivity contribution in [1.82, 2.24) is 0 Å². The summed E-state index contributed by atoms with van der Waals surface area (Å²) in [5.41, 5.74) is 2.22. The molecule has 2 aromatic rings. The topological polar surface area (TPSA) is 64.6 Å². The Labute approximate surface area is 168 Å². The number of amides is 1. The lowest BCUT2D eigenvalue weighted by Gasteiger charge is -2.14. The quantitative estimate of drug-likeness (QED) is 0.431. The second-order valence-corrected chi connectivity index (χ2v) is 7.20. The normalized spacial score (nSPS) is 10.2. The molecule has 0 fully saturated rings. The first-order chi connectivity index (χ1) is 11.9. The molecular weight excluding hydrogens is 501 g/mol. The van der Waals surface area contributed by atoms with Crippen LogP contribution in [0.25, 0.3) is 0 Å². The third-order valence-electron chi connectivity index (χ3n) is 3.26. The van der Waals surface area contributed by atoms with E-state index < -0.39 is 0 Å². The molecule has 0 saturated carbocycles. The number of rotatable bonds is 7. The average molecular weight is 518 g/mol. The van der Waals surface area contributed by atoms with Crippen molar-refractivity contribution in [2.24, 2.45) is 0 Å². The minimum atomic E-state index is -0.278. The highest BCUT2D eigenvalue weighted by atomic mass is 127. The molecule has 0 spiro atoms. The number of benzene rings is 2. The van der Waals surface area contributed by atoms with Crippen molar-refractivity contribution in [3.8, 4) is 11.5 Å². The summed E-state index contributed by atoms with van der Waals surface area (Å²) in [4.78, 5) is 23.1. The fourth-order valence-corrected chi connectivity index (χ4v) is 3.14. The van der Waals surface area contributed by atoms with E-state index in [2.05, 4.69) is 43.8 Å². The fourth-order valence-electron chi connectivity index (χ4n) is 2.12. The molecule has 0 aliphatic heterocycles. The number of aldehydes is 1. The number of hydrogen-bond donors (Lipinski definition) is 1. The van der Waals surface area contributed by atoms with Crippen LogP contribution in [0.2, 0.25) is 0 Å². The van der Waals surface area contributed by atoms with E-state index >= 15 is 0 Å². The minimum absolute atomic E-state index is 0.161. The number of hydrogen-bond acceptors (Lipinski definition) is 4. The molecule has 0 aliphatic rings. The first-order valence-corrected chi connectivity index (χ1v) is 9.42. The Hall–Kier alpha value is -1.61. The largest absolute Gasteiger partial charge is 0.490 e. The second kappa shape index (κ2) is 9.19. The Morgan fingerprint density at radius 3 is 2.68 bits per heavy atom. The zero-order valence-corrected chi connectivity index (χ0v) is 17.5. The van der Waals surface area contributed by atoms with Gasteiger partial charge in [-0.15, -0.1) is 0 Å². The Bertz CT molecular complexity index is 795. The molecule has 0 aromatic heterocycles. The standard InChI is InChI=1S/C18H17BrINO4/c1-3-24-16-8-12(9-22)7-15(20)18(16)25-10-17(23)21-13-4-5-14(19)11(2)6-13/h4-9H,3,10H2,1-2H3,(H,21,23). The Balaban J connectivity index is 2.08. The molecule has 0 atom stereocenters. The van der Waals surface area contributed by atoms with Crippen molar-refractivity contribution in [3.05, 3.63) is 49.5 Å². The summed E-state index contributed by atoms with van der Waals surface area (Å²) in [7, 11) is 0. The van der Waals surface area contributed by atoms with Gasteiger partial charge in [-0.1, -0.05) is 15.9 Å². The Morgan fingerprint density at radius 1 is 1.28 bits per heavy atom. The SMILES string of the molecule is CCOc1cc(C=O)cc(I)c1OCC(=O)Nc1ccc(Br)c(C)c1. The minimum Gasteiger partial charge on any atom is -0.490 e. The number of carbonyl (C=O) groups excluding carboxylic acids is 2. The fraction of sp³-hybridized carbons (Fsp3) is 0.222. The van der Waals surface area contributed by atoms with Gasteiger partial charge in [-0.25, -0.2) is 0 Å². The number of aryl methyl sites for hydroxylation is 1. The van der Waals surface area contributed by atoms with Crippen molar-refractivity contribution in [1.29, 1.82) is 0 Å². The van der Waals surface area contributed by atoms with Crippen LogP contribution in [-0.2, 0) is 4.79 Å². The first-order valence-electron chi connectivity index (χ1n) is 7.55. The first kappa shape index (κ1) is 19.7. The number of nitrogens with one attached hydrogen (secondary N) is 1. The van der Waals surface area contributed by atoms with E-state index in [9.17, 15) is 9.59 Å². The molecule has 132 valence electrons. The maximum absolute atomic E-state index is 12.1. The van der Waals surface area contributed by atoms with Crippen LogP contribution in [-0.4, -0.2) is 25.4 Å². The molecule has 0 saturated heterocycles. The lowest BCUT2D eigenvalue weighted by atomic mass is 10.2. The van der Waals surface area contributed by atoms with Crippen LogP contribution in [0, 0.1) is 10.5 Å². The number of anilines is 1. The van der Waals surface area contributed by atoms with E-state index in [0.29, 0.717) is 32.9 Å². The summed E-state index contributed by atoms with van der Waals surface area (Å²) >= 11 is 5.47. The molecule has 0 aliphatic carbocycles. The zero-order valence-electron chi connectivity index (χ0n) is 13.8. The zero-order chi connectivity index (χ0) is 18.4. The predicted octanol–water partition coefficient (Wildman–Crippen LogP) is 4.59. The highest BCUT2D eigenvalue weighted by molar-refractivity contribution is 14.1. The monoisotopic (exact) mass is 517 g/mol. The van der Waals surface area contributed by atoms with Gasteiger partial charge < -0.3 is 14.8 Å². The van der Waals surface area contributed by atoms with E-state index in [-0.39, 0.29) is 12.5 Å². The van der Waals surface area contributed by atoms with Crippen molar-refractivity contribution in [2.75, 3.05) is 18.5 Å². The lowest BCUT2D eigenvalue weighted by Crippen LogP contribution is -2.20. The molecular formula is C18H17BrINO4. The van der Waals surface area contributed by atoms with Gasteiger partial charge in [0.15, 0.2) is 18.1 Å². The highest BCUT2D eigenvalue weighted by Gasteiger charge is 2.14. The van der Waals surface area contributed by atoms with Crippen LogP contribution >= 0.6 is 38.5 Å². The van der Waals surface area contributed by atoms with E-state index in [1.54, 1.807) is 12.1 Å². The van der Waals surface area contributed by atoms with Gasteiger partial charge in [-0.3, -0.25) is 9.59 Å². The van der Waals surface area contributed by atoms with Gasteiger partial charge in [0.1, 0.15) is 6.29 Å². The van der Waals surface area contributed by atoms with Crippen LogP contribution in [0.4, 0.5) is 5.69 Å². The average Bonchev–Trinajstić information content (AvgIpc) is 2.57. The maximum Gasteiger partial charge on any atom is 0.262 e. The Morgan fingerprint density at radius 2 is 2.04 bits per heavy atom. The van der Waals surface area contributed by atoms with Gasteiger partial charge in [0.2, 0.25) is 0 Å². The van der Waals surface area contributed by atoms with E-state index in [1.807, 2.05) is 32.0 Å². The molecule has 0 unspecified atom stereocenters. The van der Waals surface area contributed by atoms with Crippen LogP contribution in [0.3, 0.4) is 0 Å². The third kappa shape index (κ3) is 5.43. The van der Waals surface area contributed by atoms with Gasteiger partial charge >= 0.3 is 0 Å². The van der Waals surface area contributed by atoms with E-state index in [0.717, 1.165) is 16.3 Å². The van der Waals surface area contributed by atoms with Crippen molar-refractivity contribution in [2.45, 2.75) is 13.8 Å². The molecule has 1 amide bonds. The van der Waals surface area contributed by atoms with Crippen LogP contribution < -0.4 is 14.8 Å². The smallest absolute Gasteiger partial charge is 0.262 e. The lowest BCUT2D eigenvalue weighted by molar-refractivity contribution is -0.118. The maximum atomic E-state index is 12.1. The molecule has 2 aromatic carbocycles. The van der Waals surface area contributed by atoms with Crippen LogP contribution in [0.15, 0.2) is 34.8 Å². The third-order valence-corrected chi connectivity index (χ3v) is 4.95. The number of halogens is 2. The molecule has 25 heavy (non-hydrogen) atoms.